The molecular formula is C23H21N3O4. The van der Waals surface area contributed by atoms with Crippen molar-refractivity contribution in [2.24, 2.45) is 0 Å². The molecule has 1 aliphatic rings. The molecule has 2 aromatic carbocycles. The van der Waals surface area contributed by atoms with Gasteiger partial charge in [0.25, 0.3) is 17.7 Å². The fourth-order valence-electron chi connectivity index (χ4n) is 3.20. The number of rotatable bonds is 4. The maximum absolute atomic E-state index is 12.5. The van der Waals surface area contributed by atoms with Crippen LogP contribution in [-0.4, -0.2) is 27.8 Å². The number of aromatic nitrogens is 1. The number of benzene rings is 2. The maximum atomic E-state index is 12.5. The molecule has 1 N–H and O–H groups in total. The first-order valence-corrected chi connectivity index (χ1v) is 9.57. The monoisotopic (exact) mass is 403 g/mol. The molecule has 7 nitrogen and oxygen atoms in total. The summed E-state index contributed by atoms with van der Waals surface area (Å²) in [5.74, 6) is 0.0846. The summed E-state index contributed by atoms with van der Waals surface area (Å²) in [5.41, 5.74) is 1.81. The smallest absolute Gasteiger partial charge is 0.261 e. The Morgan fingerprint density at radius 1 is 1.00 bits per heavy atom. The molecular weight excluding hydrogens is 382 g/mol. The van der Waals surface area contributed by atoms with Crippen LogP contribution in [0.4, 0.5) is 5.82 Å². The number of amides is 3. The molecule has 0 unspecified atom stereocenters. The lowest BCUT2D eigenvalue weighted by molar-refractivity contribution is 0.0642. The molecule has 4 rings (SSSR count). The van der Waals surface area contributed by atoms with Gasteiger partial charge in [0.05, 0.1) is 17.7 Å². The van der Waals surface area contributed by atoms with Crippen LogP contribution in [0.2, 0.25) is 0 Å². The highest BCUT2D eigenvalue weighted by Crippen LogP contribution is 2.26. The van der Waals surface area contributed by atoms with Crippen molar-refractivity contribution in [2.45, 2.75) is 32.7 Å². The molecule has 0 aliphatic carbocycles. The van der Waals surface area contributed by atoms with Crippen molar-refractivity contribution < 1.29 is 18.9 Å². The summed E-state index contributed by atoms with van der Waals surface area (Å²) in [6.07, 6.45) is 0. The molecule has 2 heterocycles. The van der Waals surface area contributed by atoms with E-state index in [0.717, 1.165) is 5.56 Å². The number of nitrogens with zero attached hydrogens (tertiary/aromatic N) is 2. The highest BCUT2D eigenvalue weighted by atomic mass is 16.5. The summed E-state index contributed by atoms with van der Waals surface area (Å²) >= 11 is 0. The van der Waals surface area contributed by atoms with Crippen molar-refractivity contribution in [3.63, 3.8) is 0 Å². The summed E-state index contributed by atoms with van der Waals surface area (Å²) in [6, 6.07) is 15.2. The molecule has 7 heteroatoms. The number of fused-ring (bicyclic) bond motifs is 1. The maximum Gasteiger partial charge on any atom is 0.261 e. The highest BCUT2D eigenvalue weighted by Gasteiger charge is 2.34. The predicted molar refractivity (Wildman–Crippen MR) is 110 cm³/mol. The lowest BCUT2D eigenvalue weighted by atomic mass is 9.93. The van der Waals surface area contributed by atoms with E-state index in [0.29, 0.717) is 28.3 Å². The molecule has 0 fully saturated rings. The van der Waals surface area contributed by atoms with E-state index in [1.165, 1.54) is 4.90 Å². The largest absolute Gasteiger partial charge is 0.359 e. The highest BCUT2D eigenvalue weighted by molar-refractivity contribution is 6.21. The van der Waals surface area contributed by atoms with Crippen LogP contribution in [0.15, 0.2) is 59.1 Å². The van der Waals surface area contributed by atoms with Gasteiger partial charge in [-0.25, -0.2) is 0 Å². The minimum absolute atomic E-state index is 0.145. The van der Waals surface area contributed by atoms with Gasteiger partial charge in [-0.3, -0.25) is 19.3 Å². The normalized spacial score (nSPS) is 13.5. The van der Waals surface area contributed by atoms with Gasteiger partial charge in [-0.05, 0) is 29.8 Å². The van der Waals surface area contributed by atoms with Gasteiger partial charge in [-0.1, -0.05) is 50.2 Å². The third kappa shape index (κ3) is 3.61. The van der Waals surface area contributed by atoms with Crippen LogP contribution < -0.4 is 5.32 Å². The van der Waals surface area contributed by atoms with Crippen LogP contribution in [0, 0.1) is 0 Å². The number of hydrogen-bond acceptors (Lipinski definition) is 5. The van der Waals surface area contributed by atoms with Crippen molar-refractivity contribution in [2.75, 3.05) is 5.32 Å². The van der Waals surface area contributed by atoms with Gasteiger partial charge in [0.2, 0.25) is 0 Å². The van der Waals surface area contributed by atoms with Crippen LogP contribution in [0.3, 0.4) is 0 Å². The molecule has 1 aliphatic heterocycles. The number of carbonyl (C=O) groups excluding carboxylic acids is 3. The number of nitrogens with one attached hydrogen (secondary N) is 1. The van der Waals surface area contributed by atoms with Crippen molar-refractivity contribution in [3.8, 4) is 0 Å². The summed E-state index contributed by atoms with van der Waals surface area (Å²) in [4.78, 5) is 38.7. The molecule has 3 amide bonds. The van der Waals surface area contributed by atoms with E-state index in [4.69, 9.17) is 4.52 Å². The Balaban J connectivity index is 1.43. The Labute approximate surface area is 173 Å². The summed E-state index contributed by atoms with van der Waals surface area (Å²) < 4.78 is 5.27. The Hall–Kier alpha value is -3.74. The van der Waals surface area contributed by atoms with E-state index in [-0.39, 0.29) is 29.7 Å². The molecule has 0 atom stereocenters. The second-order valence-electron chi connectivity index (χ2n) is 8.22. The van der Waals surface area contributed by atoms with E-state index in [1.54, 1.807) is 54.6 Å². The Morgan fingerprint density at radius 3 is 2.13 bits per heavy atom. The van der Waals surface area contributed by atoms with Crippen LogP contribution in [0.5, 0.6) is 0 Å². The number of hydrogen-bond donors (Lipinski definition) is 1. The van der Waals surface area contributed by atoms with E-state index in [2.05, 4.69) is 10.5 Å². The number of carbonyl (C=O) groups is 3. The van der Waals surface area contributed by atoms with Crippen molar-refractivity contribution in [3.05, 3.63) is 82.6 Å². The topological polar surface area (TPSA) is 92.5 Å². The fourth-order valence-corrected chi connectivity index (χ4v) is 3.20. The molecule has 0 saturated heterocycles. The minimum Gasteiger partial charge on any atom is -0.359 e. The van der Waals surface area contributed by atoms with Crippen molar-refractivity contribution in [1.82, 2.24) is 10.1 Å². The van der Waals surface area contributed by atoms with Gasteiger partial charge >= 0.3 is 0 Å². The number of anilines is 1. The Morgan fingerprint density at radius 2 is 1.60 bits per heavy atom. The SMILES string of the molecule is CC(C)(C)c1cc(NC(=O)c2ccc(CN3C(=O)c4ccccc4C3=O)cc2)no1. The van der Waals surface area contributed by atoms with E-state index < -0.39 is 0 Å². The summed E-state index contributed by atoms with van der Waals surface area (Å²) in [5, 5.41) is 6.59. The van der Waals surface area contributed by atoms with E-state index >= 15 is 0 Å². The van der Waals surface area contributed by atoms with E-state index in [9.17, 15) is 14.4 Å². The van der Waals surface area contributed by atoms with Crippen molar-refractivity contribution >= 4 is 23.5 Å². The zero-order valence-electron chi connectivity index (χ0n) is 16.9. The van der Waals surface area contributed by atoms with E-state index in [1.807, 2.05) is 20.8 Å². The predicted octanol–water partition coefficient (Wildman–Crippen LogP) is 4.02. The van der Waals surface area contributed by atoms with Gasteiger partial charge in [0, 0.05) is 17.0 Å². The third-order valence-corrected chi connectivity index (χ3v) is 4.93. The first-order chi connectivity index (χ1) is 14.2. The van der Waals surface area contributed by atoms with Crippen LogP contribution in [0.1, 0.15) is 63.2 Å². The summed E-state index contributed by atoms with van der Waals surface area (Å²) in [7, 11) is 0. The standard InChI is InChI=1S/C23H21N3O4/c1-23(2,3)18-12-19(25-30-18)24-20(27)15-10-8-14(9-11-15)13-26-21(28)16-6-4-5-7-17(16)22(26)29/h4-12H,13H2,1-3H3,(H,24,25,27). The average molecular weight is 403 g/mol. The quantitative estimate of drug-likeness (QED) is 0.664. The van der Waals surface area contributed by atoms with Crippen LogP contribution in [-0.2, 0) is 12.0 Å². The minimum atomic E-state index is -0.323. The lowest BCUT2D eigenvalue weighted by Gasteiger charge is -2.14. The van der Waals surface area contributed by atoms with Crippen LogP contribution >= 0.6 is 0 Å². The Kier molecular flexibility index (Phi) is 4.73. The molecule has 0 spiro atoms. The van der Waals surface area contributed by atoms with Crippen LogP contribution in [0.25, 0.3) is 0 Å². The molecule has 30 heavy (non-hydrogen) atoms. The average Bonchev–Trinajstić information content (AvgIpc) is 3.28. The van der Waals surface area contributed by atoms with Gasteiger partial charge in [0.15, 0.2) is 5.82 Å². The molecule has 0 bridgehead atoms. The van der Waals surface area contributed by atoms with Gasteiger partial charge in [-0.15, -0.1) is 0 Å². The molecule has 1 aromatic heterocycles. The number of imide groups is 1. The second-order valence-corrected chi connectivity index (χ2v) is 8.22. The zero-order chi connectivity index (χ0) is 21.5. The summed E-state index contributed by atoms with van der Waals surface area (Å²) in [6.45, 7) is 6.12. The zero-order valence-corrected chi connectivity index (χ0v) is 16.9. The first kappa shape index (κ1) is 19.6. The second kappa shape index (κ2) is 7.26. The molecule has 0 saturated carbocycles. The van der Waals surface area contributed by atoms with Gasteiger partial charge < -0.3 is 9.84 Å². The Bertz CT molecular complexity index is 1100. The lowest BCUT2D eigenvalue weighted by Crippen LogP contribution is -2.29. The molecule has 3 aromatic rings. The first-order valence-electron chi connectivity index (χ1n) is 9.57. The third-order valence-electron chi connectivity index (χ3n) is 4.93. The fraction of sp³-hybridized carbons (Fsp3) is 0.217. The van der Waals surface area contributed by atoms with Gasteiger partial charge in [0.1, 0.15) is 5.76 Å². The van der Waals surface area contributed by atoms with Crippen molar-refractivity contribution in [1.29, 1.82) is 0 Å². The molecule has 152 valence electrons. The molecule has 0 radical (unpaired) electrons. The van der Waals surface area contributed by atoms with Gasteiger partial charge in [-0.2, -0.15) is 0 Å².